The van der Waals surface area contributed by atoms with Gasteiger partial charge in [0.1, 0.15) is 18.4 Å². The minimum Gasteiger partial charge on any atom is -0.352 e. The van der Waals surface area contributed by atoms with Crippen LogP contribution in [0.5, 0.6) is 0 Å². The number of carbonyl (C=O) groups is 2. The summed E-state index contributed by atoms with van der Waals surface area (Å²) in [7, 11) is -4.30. The van der Waals surface area contributed by atoms with Gasteiger partial charge in [-0.05, 0) is 56.2 Å². The van der Waals surface area contributed by atoms with Gasteiger partial charge in [-0.25, -0.2) is 12.8 Å². The third-order valence-electron chi connectivity index (χ3n) is 7.58. The number of hydrogen-bond acceptors (Lipinski definition) is 4. The number of halogens is 2. The van der Waals surface area contributed by atoms with E-state index in [0.717, 1.165) is 15.4 Å². The van der Waals surface area contributed by atoms with Gasteiger partial charge in [0.15, 0.2) is 0 Å². The van der Waals surface area contributed by atoms with Gasteiger partial charge in [0, 0.05) is 24.6 Å². The van der Waals surface area contributed by atoms with Crippen molar-refractivity contribution in [2.75, 3.05) is 10.8 Å². The molecule has 2 amide bonds. The Bertz CT molecular complexity index is 1720. The highest BCUT2D eigenvalue weighted by molar-refractivity contribution is 7.92. The molecule has 1 N–H and O–H groups in total. The summed E-state index contributed by atoms with van der Waals surface area (Å²) < 4.78 is 44.2. The van der Waals surface area contributed by atoms with Crippen LogP contribution >= 0.6 is 11.6 Å². The molecule has 236 valence electrons. The number of hydrogen-bond donors (Lipinski definition) is 1. The number of aryl methyl sites for hydroxylation is 1. The average molecular weight is 650 g/mol. The fourth-order valence-electron chi connectivity index (χ4n) is 4.81. The van der Waals surface area contributed by atoms with Crippen LogP contribution in [0, 0.1) is 12.7 Å². The maximum Gasteiger partial charge on any atom is 0.264 e. The zero-order valence-electron chi connectivity index (χ0n) is 25.5. The van der Waals surface area contributed by atoms with E-state index in [1.54, 1.807) is 30.3 Å². The molecule has 45 heavy (non-hydrogen) atoms. The lowest BCUT2D eigenvalue weighted by molar-refractivity contribution is -0.140. The fraction of sp³-hybridized carbons (Fsp3) is 0.257. The van der Waals surface area contributed by atoms with Crippen LogP contribution in [0.2, 0.25) is 5.02 Å². The minimum absolute atomic E-state index is 0.0307. The van der Waals surface area contributed by atoms with Crippen LogP contribution in [0.4, 0.5) is 10.1 Å². The van der Waals surface area contributed by atoms with Gasteiger partial charge >= 0.3 is 0 Å². The number of nitrogens with one attached hydrogen (secondary N) is 1. The first-order valence-corrected chi connectivity index (χ1v) is 16.5. The molecule has 0 saturated carbocycles. The van der Waals surface area contributed by atoms with Crippen molar-refractivity contribution in [2.45, 2.75) is 57.1 Å². The van der Waals surface area contributed by atoms with E-state index in [0.29, 0.717) is 6.42 Å². The summed E-state index contributed by atoms with van der Waals surface area (Å²) in [6, 6.07) is 26.5. The molecule has 2 atom stereocenters. The molecule has 0 radical (unpaired) electrons. The number of sulfonamides is 1. The molecule has 0 fully saturated rings. The normalized spacial score (nSPS) is 12.6. The molecule has 0 spiro atoms. The molecule has 0 aliphatic heterocycles. The third kappa shape index (κ3) is 8.49. The van der Waals surface area contributed by atoms with E-state index in [2.05, 4.69) is 5.32 Å². The number of nitrogens with zero attached hydrogens (tertiary/aromatic N) is 2. The Morgan fingerprint density at radius 1 is 0.889 bits per heavy atom. The summed E-state index contributed by atoms with van der Waals surface area (Å²) >= 11 is 6.50. The molecular weight excluding hydrogens is 613 g/mol. The van der Waals surface area contributed by atoms with Crippen molar-refractivity contribution in [3.05, 3.63) is 131 Å². The second-order valence-electron chi connectivity index (χ2n) is 10.9. The first-order valence-electron chi connectivity index (χ1n) is 14.7. The summed E-state index contributed by atoms with van der Waals surface area (Å²) in [5.41, 5.74) is 1.93. The Morgan fingerprint density at radius 3 is 2.16 bits per heavy atom. The zero-order chi connectivity index (χ0) is 32.6. The molecule has 0 aromatic heterocycles. The van der Waals surface area contributed by atoms with Gasteiger partial charge in [0.25, 0.3) is 10.0 Å². The minimum atomic E-state index is -4.30. The Morgan fingerprint density at radius 2 is 1.51 bits per heavy atom. The second kappa shape index (κ2) is 15.2. The number of carbonyl (C=O) groups excluding carboxylic acids is 2. The molecule has 10 heteroatoms. The van der Waals surface area contributed by atoms with Crippen molar-refractivity contribution in [3.8, 4) is 0 Å². The average Bonchev–Trinajstić information content (AvgIpc) is 3.03. The van der Waals surface area contributed by atoms with Crippen molar-refractivity contribution in [1.82, 2.24) is 10.2 Å². The van der Waals surface area contributed by atoms with Crippen LogP contribution in [-0.2, 0) is 32.6 Å². The van der Waals surface area contributed by atoms with E-state index in [4.69, 9.17) is 11.6 Å². The molecule has 0 saturated heterocycles. The number of amides is 2. The Balaban J connectivity index is 1.83. The quantitative estimate of drug-likeness (QED) is 0.178. The molecule has 0 heterocycles. The van der Waals surface area contributed by atoms with E-state index in [-0.39, 0.29) is 40.2 Å². The number of para-hydroxylation sites is 1. The van der Waals surface area contributed by atoms with Gasteiger partial charge in [-0.1, -0.05) is 96.9 Å². The van der Waals surface area contributed by atoms with Crippen LogP contribution in [0.15, 0.2) is 108 Å². The summed E-state index contributed by atoms with van der Waals surface area (Å²) in [5, 5.41) is 3.08. The Hall–Kier alpha value is -4.21. The SMILES string of the molecule is CC[C@H](C)NC(=O)[C@@H](Cc1ccccc1)N(Cc1ccccc1F)C(=O)CN(c1ccccc1Cl)S(=O)(=O)c1ccc(C)cc1. The Kier molecular flexibility index (Phi) is 11.4. The van der Waals surface area contributed by atoms with E-state index in [1.165, 1.54) is 47.4 Å². The lowest BCUT2D eigenvalue weighted by atomic mass is 10.0. The molecule has 4 rings (SSSR count). The highest BCUT2D eigenvalue weighted by Gasteiger charge is 2.35. The van der Waals surface area contributed by atoms with Crippen LogP contribution in [0.1, 0.15) is 37.0 Å². The maximum atomic E-state index is 15.0. The van der Waals surface area contributed by atoms with Gasteiger partial charge in [-0.15, -0.1) is 0 Å². The predicted molar refractivity (Wildman–Crippen MR) is 176 cm³/mol. The zero-order valence-corrected chi connectivity index (χ0v) is 27.1. The van der Waals surface area contributed by atoms with Crippen molar-refractivity contribution in [1.29, 1.82) is 0 Å². The number of rotatable bonds is 13. The molecule has 4 aromatic rings. The highest BCUT2D eigenvalue weighted by atomic mass is 35.5. The smallest absolute Gasteiger partial charge is 0.264 e. The lowest BCUT2D eigenvalue weighted by Gasteiger charge is -2.34. The van der Waals surface area contributed by atoms with Crippen LogP contribution < -0.4 is 9.62 Å². The van der Waals surface area contributed by atoms with Gasteiger partial charge in [-0.3, -0.25) is 13.9 Å². The summed E-state index contributed by atoms with van der Waals surface area (Å²) in [4.78, 5) is 29.5. The first kappa shape index (κ1) is 33.7. The summed E-state index contributed by atoms with van der Waals surface area (Å²) in [6.45, 7) is 4.67. The van der Waals surface area contributed by atoms with Crippen molar-refractivity contribution < 1.29 is 22.4 Å². The van der Waals surface area contributed by atoms with Gasteiger partial charge in [0.2, 0.25) is 11.8 Å². The first-order chi connectivity index (χ1) is 21.5. The lowest BCUT2D eigenvalue weighted by Crippen LogP contribution is -2.54. The molecule has 0 aliphatic carbocycles. The van der Waals surface area contributed by atoms with E-state index in [1.807, 2.05) is 51.1 Å². The highest BCUT2D eigenvalue weighted by Crippen LogP contribution is 2.31. The topological polar surface area (TPSA) is 86.8 Å². The monoisotopic (exact) mass is 649 g/mol. The molecule has 0 bridgehead atoms. The summed E-state index contributed by atoms with van der Waals surface area (Å²) in [5.74, 6) is -1.68. The largest absolute Gasteiger partial charge is 0.352 e. The van der Waals surface area contributed by atoms with Gasteiger partial charge < -0.3 is 10.2 Å². The molecule has 0 unspecified atom stereocenters. The maximum absolute atomic E-state index is 15.0. The van der Waals surface area contributed by atoms with Crippen molar-refractivity contribution in [2.24, 2.45) is 0 Å². The van der Waals surface area contributed by atoms with E-state index in [9.17, 15) is 18.0 Å². The van der Waals surface area contributed by atoms with Crippen LogP contribution in [0.25, 0.3) is 0 Å². The molecule has 4 aromatic carbocycles. The number of benzene rings is 4. The Labute approximate surface area is 269 Å². The number of anilines is 1. The van der Waals surface area contributed by atoms with E-state index < -0.39 is 40.2 Å². The van der Waals surface area contributed by atoms with Crippen molar-refractivity contribution in [3.63, 3.8) is 0 Å². The third-order valence-corrected chi connectivity index (χ3v) is 9.67. The van der Waals surface area contributed by atoms with E-state index >= 15 is 4.39 Å². The van der Waals surface area contributed by atoms with Gasteiger partial charge in [-0.2, -0.15) is 0 Å². The fourth-order valence-corrected chi connectivity index (χ4v) is 6.53. The van der Waals surface area contributed by atoms with Gasteiger partial charge in [0.05, 0.1) is 15.6 Å². The van der Waals surface area contributed by atoms with Crippen LogP contribution in [-0.4, -0.2) is 43.8 Å². The predicted octanol–water partition coefficient (Wildman–Crippen LogP) is 6.54. The van der Waals surface area contributed by atoms with Crippen molar-refractivity contribution >= 4 is 39.1 Å². The second-order valence-corrected chi connectivity index (χ2v) is 13.2. The van der Waals surface area contributed by atoms with Crippen LogP contribution in [0.3, 0.4) is 0 Å². The molecule has 7 nitrogen and oxygen atoms in total. The summed E-state index contributed by atoms with van der Waals surface area (Å²) in [6.07, 6.45) is 0.778. The molecular formula is C35H37ClFN3O4S. The molecule has 0 aliphatic rings. The standard InChI is InChI=1S/C35H37ClFN3O4S/c1-4-26(3)38-35(42)33(22-27-12-6-5-7-13-27)39(23-28-14-8-10-16-31(28)37)34(41)24-40(32-17-11-9-15-30(32)36)45(43,44)29-20-18-25(2)19-21-29/h5-21,26,33H,4,22-24H2,1-3H3,(H,38,42)/t26-,33+/m0/s1.